The van der Waals surface area contributed by atoms with E-state index >= 15 is 0 Å². The molecule has 0 N–H and O–H groups in total. The lowest BCUT2D eigenvalue weighted by Gasteiger charge is -2.21. The van der Waals surface area contributed by atoms with E-state index in [-0.39, 0.29) is 23.5 Å². The van der Waals surface area contributed by atoms with Crippen LogP contribution in [0.3, 0.4) is 0 Å². The van der Waals surface area contributed by atoms with E-state index in [0.717, 1.165) is 18.4 Å². The third-order valence-corrected chi connectivity index (χ3v) is 4.42. The monoisotopic (exact) mass is 353 g/mol. The number of benzene rings is 2. The van der Waals surface area contributed by atoms with Crippen molar-refractivity contribution < 1.29 is 13.6 Å². The second kappa shape index (κ2) is 6.71. The van der Waals surface area contributed by atoms with Crippen LogP contribution in [-0.2, 0) is 6.54 Å². The lowest BCUT2D eigenvalue weighted by Crippen LogP contribution is -2.33. The predicted octanol–water partition coefficient (Wildman–Crippen LogP) is 3.96. The van der Waals surface area contributed by atoms with E-state index in [0.29, 0.717) is 12.2 Å². The standard InChI is InChI=1S/C20H17F2N3O/c21-15-7-5-14(6-8-15)13-24(16-9-10-16)20(26)18-11-12-25(23-18)19-4-2-1-3-17(19)22/h1-8,11-12,16H,9-10,13H2. The highest BCUT2D eigenvalue weighted by Gasteiger charge is 2.34. The molecule has 4 rings (SSSR count). The normalized spacial score (nSPS) is 13.6. The zero-order chi connectivity index (χ0) is 18.1. The summed E-state index contributed by atoms with van der Waals surface area (Å²) in [7, 11) is 0. The van der Waals surface area contributed by atoms with Crippen molar-refractivity contribution in [1.82, 2.24) is 14.7 Å². The van der Waals surface area contributed by atoms with Gasteiger partial charge in [-0.25, -0.2) is 13.5 Å². The summed E-state index contributed by atoms with van der Waals surface area (Å²) in [6.07, 6.45) is 3.47. The summed E-state index contributed by atoms with van der Waals surface area (Å²) in [5.41, 5.74) is 1.42. The van der Waals surface area contributed by atoms with Crippen molar-refractivity contribution in [2.24, 2.45) is 0 Å². The minimum atomic E-state index is -0.403. The summed E-state index contributed by atoms with van der Waals surface area (Å²) in [6, 6.07) is 14.2. The summed E-state index contributed by atoms with van der Waals surface area (Å²) in [5.74, 6) is -0.909. The zero-order valence-corrected chi connectivity index (χ0v) is 14.0. The highest BCUT2D eigenvalue weighted by atomic mass is 19.1. The van der Waals surface area contributed by atoms with Crippen molar-refractivity contribution in [2.75, 3.05) is 0 Å². The van der Waals surface area contributed by atoms with Gasteiger partial charge in [0.1, 0.15) is 17.3 Å². The number of aromatic nitrogens is 2. The number of para-hydroxylation sites is 1. The molecular formula is C20H17F2N3O. The maximum Gasteiger partial charge on any atom is 0.274 e. The van der Waals surface area contributed by atoms with E-state index in [1.807, 2.05) is 0 Å². The van der Waals surface area contributed by atoms with Gasteiger partial charge < -0.3 is 4.90 Å². The van der Waals surface area contributed by atoms with Gasteiger partial charge in [-0.3, -0.25) is 4.79 Å². The van der Waals surface area contributed by atoms with Crippen LogP contribution in [0.5, 0.6) is 0 Å². The Morgan fingerprint density at radius 1 is 1.08 bits per heavy atom. The molecule has 1 aliphatic rings. The van der Waals surface area contributed by atoms with Gasteiger partial charge in [0.05, 0.1) is 0 Å². The molecule has 0 spiro atoms. The highest BCUT2D eigenvalue weighted by Crippen LogP contribution is 2.29. The number of amides is 1. The molecule has 3 aromatic rings. The molecule has 1 fully saturated rings. The molecule has 0 unspecified atom stereocenters. The van der Waals surface area contributed by atoms with Crippen LogP contribution >= 0.6 is 0 Å². The van der Waals surface area contributed by atoms with Crippen LogP contribution in [-0.4, -0.2) is 26.6 Å². The second-order valence-electron chi connectivity index (χ2n) is 6.39. The number of rotatable bonds is 5. The van der Waals surface area contributed by atoms with Crippen molar-refractivity contribution in [3.8, 4) is 5.69 Å². The maximum absolute atomic E-state index is 13.9. The first-order chi connectivity index (χ1) is 12.6. The first-order valence-corrected chi connectivity index (χ1v) is 8.48. The molecule has 1 saturated carbocycles. The SMILES string of the molecule is O=C(c1ccn(-c2ccccc2F)n1)N(Cc1ccc(F)cc1)C1CC1. The highest BCUT2D eigenvalue weighted by molar-refractivity contribution is 5.92. The third kappa shape index (κ3) is 3.35. The molecular weight excluding hydrogens is 336 g/mol. The topological polar surface area (TPSA) is 38.1 Å². The van der Waals surface area contributed by atoms with E-state index in [9.17, 15) is 13.6 Å². The van der Waals surface area contributed by atoms with Crippen molar-refractivity contribution in [3.63, 3.8) is 0 Å². The average Bonchev–Trinajstić information content (AvgIpc) is 3.37. The van der Waals surface area contributed by atoms with Crippen LogP contribution in [0.15, 0.2) is 60.8 Å². The van der Waals surface area contributed by atoms with Crippen molar-refractivity contribution in [3.05, 3.63) is 83.7 Å². The maximum atomic E-state index is 13.9. The molecule has 1 heterocycles. The van der Waals surface area contributed by atoms with Crippen LogP contribution in [0.4, 0.5) is 8.78 Å². The number of hydrogen-bond donors (Lipinski definition) is 0. The van der Waals surface area contributed by atoms with Gasteiger partial charge in [-0.15, -0.1) is 0 Å². The molecule has 1 amide bonds. The summed E-state index contributed by atoms with van der Waals surface area (Å²) >= 11 is 0. The molecule has 0 aliphatic heterocycles. The fourth-order valence-electron chi connectivity index (χ4n) is 2.90. The molecule has 1 aromatic heterocycles. The van der Waals surface area contributed by atoms with Crippen LogP contribution in [0, 0.1) is 11.6 Å². The van der Waals surface area contributed by atoms with Crippen LogP contribution < -0.4 is 0 Å². The van der Waals surface area contributed by atoms with E-state index in [2.05, 4.69) is 5.10 Å². The molecule has 0 radical (unpaired) electrons. The molecule has 0 bridgehead atoms. The number of nitrogens with zero attached hydrogens (tertiary/aromatic N) is 3. The molecule has 4 nitrogen and oxygen atoms in total. The van der Waals surface area contributed by atoms with E-state index in [1.165, 1.54) is 22.9 Å². The summed E-state index contributed by atoms with van der Waals surface area (Å²) in [6.45, 7) is 0.399. The molecule has 6 heteroatoms. The van der Waals surface area contributed by atoms with Crippen molar-refractivity contribution >= 4 is 5.91 Å². The first-order valence-electron chi connectivity index (χ1n) is 8.48. The van der Waals surface area contributed by atoms with E-state index in [4.69, 9.17) is 0 Å². The molecule has 0 atom stereocenters. The predicted molar refractivity (Wildman–Crippen MR) is 92.8 cm³/mol. The van der Waals surface area contributed by atoms with Crippen LogP contribution in [0.25, 0.3) is 5.69 Å². The molecule has 2 aromatic carbocycles. The van der Waals surface area contributed by atoms with Gasteiger partial charge in [0.25, 0.3) is 5.91 Å². The lowest BCUT2D eigenvalue weighted by molar-refractivity contribution is 0.0723. The van der Waals surface area contributed by atoms with Gasteiger partial charge in [-0.2, -0.15) is 5.10 Å². The fraction of sp³-hybridized carbons (Fsp3) is 0.200. The Labute approximate surface area is 149 Å². The van der Waals surface area contributed by atoms with Crippen LogP contribution in [0.2, 0.25) is 0 Å². The molecule has 132 valence electrons. The van der Waals surface area contributed by atoms with Gasteiger partial charge in [0, 0.05) is 18.8 Å². The van der Waals surface area contributed by atoms with E-state index in [1.54, 1.807) is 47.5 Å². The van der Waals surface area contributed by atoms with Gasteiger partial charge in [0.2, 0.25) is 0 Å². The quantitative estimate of drug-likeness (QED) is 0.696. The van der Waals surface area contributed by atoms with Crippen molar-refractivity contribution in [1.29, 1.82) is 0 Å². The molecule has 1 aliphatic carbocycles. The Morgan fingerprint density at radius 2 is 1.81 bits per heavy atom. The molecule has 0 saturated heterocycles. The number of carbonyl (C=O) groups is 1. The van der Waals surface area contributed by atoms with E-state index < -0.39 is 5.82 Å². The van der Waals surface area contributed by atoms with Gasteiger partial charge >= 0.3 is 0 Å². The number of hydrogen-bond acceptors (Lipinski definition) is 2. The third-order valence-electron chi connectivity index (χ3n) is 4.42. The Hall–Kier alpha value is -3.02. The average molecular weight is 353 g/mol. The Kier molecular flexibility index (Phi) is 4.24. The smallest absolute Gasteiger partial charge is 0.274 e. The Bertz CT molecular complexity index is 932. The first kappa shape index (κ1) is 16.4. The number of halogens is 2. The van der Waals surface area contributed by atoms with Gasteiger partial charge in [0.15, 0.2) is 5.69 Å². The lowest BCUT2D eigenvalue weighted by atomic mass is 10.2. The fourth-order valence-corrected chi connectivity index (χ4v) is 2.90. The molecule has 26 heavy (non-hydrogen) atoms. The largest absolute Gasteiger partial charge is 0.330 e. The number of carbonyl (C=O) groups excluding carboxylic acids is 1. The zero-order valence-electron chi connectivity index (χ0n) is 14.0. The van der Waals surface area contributed by atoms with Gasteiger partial charge in [-0.1, -0.05) is 24.3 Å². The Morgan fingerprint density at radius 3 is 2.50 bits per heavy atom. The second-order valence-corrected chi connectivity index (χ2v) is 6.39. The summed E-state index contributed by atoms with van der Waals surface area (Å²) < 4.78 is 28.4. The van der Waals surface area contributed by atoms with Crippen molar-refractivity contribution in [2.45, 2.75) is 25.4 Å². The minimum Gasteiger partial charge on any atom is -0.330 e. The summed E-state index contributed by atoms with van der Waals surface area (Å²) in [4.78, 5) is 14.7. The summed E-state index contributed by atoms with van der Waals surface area (Å²) in [5, 5.41) is 4.25. The van der Waals surface area contributed by atoms with Crippen LogP contribution in [0.1, 0.15) is 28.9 Å². The Balaban J connectivity index is 1.57. The minimum absolute atomic E-state index is 0.172. The van der Waals surface area contributed by atoms with Gasteiger partial charge in [-0.05, 0) is 48.7 Å².